The Balaban J connectivity index is 1.44. The summed E-state index contributed by atoms with van der Waals surface area (Å²) in [5.41, 5.74) is 6.28. The summed E-state index contributed by atoms with van der Waals surface area (Å²) in [6.07, 6.45) is 3.44. The minimum absolute atomic E-state index is 0.0883. The Hall–Kier alpha value is -2.45. The van der Waals surface area contributed by atoms with E-state index in [0.29, 0.717) is 17.8 Å². The number of nitrogens with zero attached hydrogens (tertiary/aromatic N) is 3. The second kappa shape index (κ2) is 9.84. The number of carbonyl (C=O) groups is 3. The molecule has 1 aromatic rings. The van der Waals surface area contributed by atoms with Gasteiger partial charge in [-0.2, -0.15) is 0 Å². The Morgan fingerprint density at radius 3 is 2.17 bits per heavy atom. The van der Waals surface area contributed by atoms with E-state index in [2.05, 4.69) is 15.1 Å². The number of hydrogen-bond acceptors (Lipinski definition) is 5. The molecule has 0 unspecified atom stereocenters. The van der Waals surface area contributed by atoms with Crippen molar-refractivity contribution in [2.45, 2.75) is 32.2 Å². The van der Waals surface area contributed by atoms with E-state index in [4.69, 9.17) is 5.73 Å². The molecule has 2 heterocycles. The lowest BCUT2D eigenvalue weighted by Crippen LogP contribution is -2.54. The number of amides is 3. The van der Waals surface area contributed by atoms with E-state index in [9.17, 15) is 14.4 Å². The molecule has 8 heteroatoms. The van der Waals surface area contributed by atoms with Crippen molar-refractivity contribution in [3.8, 4) is 0 Å². The second-order valence-electron chi connectivity index (χ2n) is 7.86. The summed E-state index contributed by atoms with van der Waals surface area (Å²) >= 11 is 0. The molecule has 2 aliphatic rings. The lowest BCUT2D eigenvalue weighted by atomic mass is 10.1. The summed E-state index contributed by atoms with van der Waals surface area (Å²) in [4.78, 5) is 42.4. The standard InChI is InChI=1S/C21H31N5O3/c1-16(21(29)23-18-7-5-17(6-8-18)20(22)28)25-13-11-24(12-14-25)15-19(27)26-9-3-2-4-10-26/h5-8,16H,2-4,9-15H2,1H3,(H2,22,28)(H,23,29)/t16-/m1/s1. The molecule has 0 saturated carbocycles. The summed E-state index contributed by atoms with van der Waals surface area (Å²) in [5.74, 6) is -0.356. The number of piperazine rings is 1. The van der Waals surface area contributed by atoms with Gasteiger partial charge in [0.1, 0.15) is 0 Å². The molecule has 2 aliphatic heterocycles. The maximum absolute atomic E-state index is 12.6. The summed E-state index contributed by atoms with van der Waals surface area (Å²) in [7, 11) is 0. The van der Waals surface area contributed by atoms with E-state index in [1.165, 1.54) is 6.42 Å². The molecule has 1 aromatic carbocycles. The molecule has 1 atom stereocenters. The molecule has 3 amide bonds. The summed E-state index contributed by atoms with van der Waals surface area (Å²) in [5, 5.41) is 2.88. The van der Waals surface area contributed by atoms with Crippen molar-refractivity contribution in [2.75, 3.05) is 51.1 Å². The molecule has 2 saturated heterocycles. The molecule has 8 nitrogen and oxygen atoms in total. The van der Waals surface area contributed by atoms with Crippen molar-refractivity contribution in [2.24, 2.45) is 5.73 Å². The number of rotatable bonds is 6. The molecule has 0 aliphatic carbocycles. The predicted molar refractivity (Wildman–Crippen MR) is 111 cm³/mol. The molecule has 0 aromatic heterocycles. The van der Waals surface area contributed by atoms with Gasteiger partial charge in [0.05, 0.1) is 12.6 Å². The van der Waals surface area contributed by atoms with Crippen LogP contribution in [0.4, 0.5) is 5.69 Å². The Kier molecular flexibility index (Phi) is 7.22. The highest BCUT2D eigenvalue weighted by Crippen LogP contribution is 2.13. The Labute approximate surface area is 172 Å². The lowest BCUT2D eigenvalue weighted by Gasteiger charge is -2.38. The van der Waals surface area contributed by atoms with Crippen LogP contribution in [0.2, 0.25) is 0 Å². The van der Waals surface area contributed by atoms with E-state index in [1.807, 2.05) is 11.8 Å². The number of benzene rings is 1. The number of likely N-dealkylation sites (tertiary alicyclic amines) is 1. The maximum Gasteiger partial charge on any atom is 0.248 e. The van der Waals surface area contributed by atoms with Crippen molar-refractivity contribution in [1.82, 2.24) is 14.7 Å². The van der Waals surface area contributed by atoms with Crippen LogP contribution in [0.1, 0.15) is 36.5 Å². The zero-order chi connectivity index (χ0) is 20.8. The lowest BCUT2D eigenvalue weighted by molar-refractivity contribution is -0.134. The number of anilines is 1. The van der Waals surface area contributed by atoms with Crippen molar-refractivity contribution in [3.63, 3.8) is 0 Å². The molecule has 29 heavy (non-hydrogen) atoms. The highest BCUT2D eigenvalue weighted by Gasteiger charge is 2.27. The fraction of sp³-hybridized carbons (Fsp3) is 0.571. The van der Waals surface area contributed by atoms with Gasteiger partial charge in [0, 0.05) is 50.5 Å². The monoisotopic (exact) mass is 401 g/mol. The van der Waals surface area contributed by atoms with Gasteiger partial charge in [0.2, 0.25) is 17.7 Å². The van der Waals surface area contributed by atoms with E-state index < -0.39 is 5.91 Å². The van der Waals surface area contributed by atoms with Crippen LogP contribution in [0.5, 0.6) is 0 Å². The highest BCUT2D eigenvalue weighted by atomic mass is 16.2. The zero-order valence-electron chi connectivity index (χ0n) is 17.1. The van der Waals surface area contributed by atoms with Gasteiger partial charge in [-0.05, 0) is 50.5 Å². The average Bonchev–Trinajstić information content (AvgIpc) is 2.74. The van der Waals surface area contributed by atoms with Crippen LogP contribution in [-0.2, 0) is 9.59 Å². The minimum Gasteiger partial charge on any atom is -0.366 e. The van der Waals surface area contributed by atoms with Crippen molar-refractivity contribution < 1.29 is 14.4 Å². The fourth-order valence-corrected chi connectivity index (χ4v) is 3.87. The number of nitrogens with two attached hydrogens (primary N) is 1. The molecule has 0 radical (unpaired) electrons. The number of hydrogen-bond donors (Lipinski definition) is 2. The topological polar surface area (TPSA) is 99.0 Å². The Bertz CT molecular complexity index is 722. The third-order valence-corrected chi connectivity index (χ3v) is 5.84. The van der Waals surface area contributed by atoms with Gasteiger partial charge in [-0.3, -0.25) is 24.2 Å². The van der Waals surface area contributed by atoms with Crippen LogP contribution in [0.25, 0.3) is 0 Å². The first-order valence-corrected chi connectivity index (χ1v) is 10.4. The van der Waals surface area contributed by atoms with Crippen LogP contribution in [0.15, 0.2) is 24.3 Å². The third-order valence-electron chi connectivity index (χ3n) is 5.84. The minimum atomic E-state index is -0.493. The Morgan fingerprint density at radius 2 is 1.59 bits per heavy atom. The van der Waals surface area contributed by atoms with E-state index in [-0.39, 0.29) is 17.9 Å². The normalized spacial score (nSPS) is 19.6. The van der Waals surface area contributed by atoms with Crippen LogP contribution >= 0.6 is 0 Å². The van der Waals surface area contributed by atoms with Gasteiger partial charge in [-0.1, -0.05) is 0 Å². The van der Waals surface area contributed by atoms with Crippen LogP contribution in [0, 0.1) is 0 Å². The summed E-state index contributed by atoms with van der Waals surface area (Å²) in [6.45, 7) is 7.20. The number of piperidine rings is 1. The molecular formula is C21H31N5O3. The molecule has 3 N–H and O–H groups in total. The molecular weight excluding hydrogens is 370 g/mol. The van der Waals surface area contributed by atoms with Gasteiger partial charge < -0.3 is 16.0 Å². The maximum atomic E-state index is 12.6. The molecule has 0 bridgehead atoms. The first-order chi connectivity index (χ1) is 13.9. The smallest absolute Gasteiger partial charge is 0.248 e. The third kappa shape index (κ3) is 5.77. The fourth-order valence-electron chi connectivity index (χ4n) is 3.87. The number of primary amides is 1. The van der Waals surface area contributed by atoms with Gasteiger partial charge >= 0.3 is 0 Å². The van der Waals surface area contributed by atoms with Crippen LogP contribution in [-0.4, -0.2) is 84.3 Å². The largest absolute Gasteiger partial charge is 0.366 e. The van der Waals surface area contributed by atoms with E-state index in [1.54, 1.807) is 24.3 Å². The van der Waals surface area contributed by atoms with Crippen molar-refractivity contribution >= 4 is 23.4 Å². The molecule has 158 valence electrons. The molecule has 3 rings (SSSR count). The average molecular weight is 402 g/mol. The van der Waals surface area contributed by atoms with Crippen LogP contribution in [0.3, 0.4) is 0 Å². The van der Waals surface area contributed by atoms with Crippen LogP contribution < -0.4 is 11.1 Å². The summed E-state index contributed by atoms with van der Waals surface area (Å²) in [6, 6.07) is 6.27. The van der Waals surface area contributed by atoms with E-state index >= 15 is 0 Å². The number of nitrogens with one attached hydrogen (secondary N) is 1. The van der Waals surface area contributed by atoms with Gasteiger partial charge in [-0.15, -0.1) is 0 Å². The van der Waals surface area contributed by atoms with E-state index in [0.717, 1.165) is 52.1 Å². The second-order valence-corrected chi connectivity index (χ2v) is 7.86. The first-order valence-electron chi connectivity index (χ1n) is 10.4. The first kappa shape index (κ1) is 21.3. The zero-order valence-corrected chi connectivity index (χ0v) is 17.1. The van der Waals surface area contributed by atoms with Gasteiger partial charge in [0.15, 0.2) is 0 Å². The van der Waals surface area contributed by atoms with Crippen molar-refractivity contribution in [3.05, 3.63) is 29.8 Å². The quantitative estimate of drug-likeness (QED) is 0.733. The predicted octanol–water partition coefficient (Wildman–Crippen LogP) is 0.743. The SMILES string of the molecule is C[C@H](C(=O)Nc1ccc(C(N)=O)cc1)N1CCN(CC(=O)N2CCCCC2)CC1. The van der Waals surface area contributed by atoms with Crippen molar-refractivity contribution in [1.29, 1.82) is 0 Å². The summed E-state index contributed by atoms with van der Waals surface area (Å²) < 4.78 is 0. The number of carbonyl (C=O) groups excluding carboxylic acids is 3. The van der Waals surface area contributed by atoms with Gasteiger partial charge in [0.25, 0.3) is 0 Å². The molecule has 2 fully saturated rings. The molecule has 0 spiro atoms. The highest BCUT2D eigenvalue weighted by molar-refractivity contribution is 5.96. The Morgan fingerprint density at radius 1 is 0.966 bits per heavy atom. The van der Waals surface area contributed by atoms with Gasteiger partial charge in [-0.25, -0.2) is 0 Å².